The topological polar surface area (TPSA) is 128 Å². The fraction of sp³-hybridized carbons (Fsp3) is 0.706. The van der Waals surface area contributed by atoms with E-state index in [9.17, 15) is 25.0 Å². The maximum atomic E-state index is 13.3. The van der Waals surface area contributed by atoms with Crippen LogP contribution in [0.4, 0.5) is 17.1 Å². The lowest BCUT2D eigenvalue weighted by Gasteiger charge is -2.53. The van der Waals surface area contributed by atoms with Crippen molar-refractivity contribution in [2.24, 2.45) is 45.5 Å². The van der Waals surface area contributed by atoms with Crippen LogP contribution in [0.15, 0.2) is 35.5 Å². The Labute approximate surface area is 257 Å². The largest absolute Gasteiger partial charge is 0.301 e. The number of nitrogens with one attached hydrogen (secondary N) is 1. The van der Waals surface area contributed by atoms with Crippen molar-refractivity contribution in [2.75, 3.05) is 5.43 Å². The zero-order chi connectivity index (χ0) is 31.8. The summed E-state index contributed by atoms with van der Waals surface area (Å²) < 4.78 is 0. The molecule has 0 spiro atoms. The first-order chi connectivity index (χ1) is 20.5. The molecule has 1 aromatic carbocycles. The number of non-ortho nitro benzene ring substituents is 1. The Morgan fingerprint density at radius 1 is 1.05 bits per heavy atom. The highest BCUT2D eigenvalue weighted by molar-refractivity contribution is 5.95. The van der Waals surface area contributed by atoms with Crippen LogP contribution in [0.25, 0.3) is 0 Å². The third kappa shape index (κ3) is 7.71. The minimum Gasteiger partial charge on any atom is -0.294 e. The third-order valence-electron chi connectivity index (χ3n) is 10.7. The molecule has 4 rings (SSSR count). The Morgan fingerprint density at radius 3 is 2.44 bits per heavy atom. The van der Waals surface area contributed by atoms with Crippen molar-refractivity contribution in [3.8, 4) is 0 Å². The average Bonchev–Trinajstić information content (AvgIpc) is 3.31. The van der Waals surface area contributed by atoms with E-state index < -0.39 is 9.85 Å². The summed E-state index contributed by atoms with van der Waals surface area (Å²) in [5.74, 6) is 2.75. The minimum absolute atomic E-state index is 0.115. The number of fused-ring (bicyclic) bond motifs is 1. The number of allylic oxidation sites excluding steroid dienone is 2. The number of benzene rings is 1. The predicted octanol–water partition coefficient (Wildman–Crippen LogP) is 9.52. The van der Waals surface area contributed by atoms with Gasteiger partial charge in [0.1, 0.15) is 5.69 Å². The van der Waals surface area contributed by atoms with Crippen molar-refractivity contribution in [3.05, 3.63) is 50.6 Å². The Bertz CT molecular complexity index is 1200. The molecule has 238 valence electrons. The minimum atomic E-state index is -0.651. The van der Waals surface area contributed by atoms with Gasteiger partial charge in [-0.2, -0.15) is 5.10 Å². The average molecular weight is 597 g/mol. The highest BCUT2D eigenvalue weighted by Crippen LogP contribution is 2.63. The number of hydrazone groups is 1. The SMILES string of the molecule is CC.CC(C)CCCC[C@H]1CCC2C(C/C=N/Nc3ccc([N+](=O)[O-])cc3[N+](=O)[O-])C([C@@]3(C)CCC=CC3=O)CC[C@@]21C. The maximum absolute atomic E-state index is 13.3. The monoisotopic (exact) mass is 596 g/mol. The van der Waals surface area contributed by atoms with Gasteiger partial charge in [-0.25, -0.2) is 0 Å². The van der Waals surface area contributed by atoms with Crippen molar-refractivity contribution < 1.29 is 14.6 Å². The predicted molar refractivity (Wildman–Crippen MR) is 173 cm³/mol. The molecule has 0 bridgehead atoms. The number of carbonyl (C=O) groups is 1. The van der Waals surface area contributed by atoms with Gasteiger partial charge in [-0.3, -0.25) is 30.4 Å². The van der Waals surface area contributed by atoms with E-state index in [0.29, 0.717) is 24.2 Å². The molecule has 2 fully saturated rings. The van der Waals surface area contributed by atoms with Crippen molar-refractivity contribution >= 4 is 29.1 Å². The van der Waals surface area contributed by atoms with Gasteiger partial charge >= 0.3 is 5.69 Å². The van der Waals surface area contributed by atoms with Gasteiger partial charge in [-0.15, -0.1) is 0 Å². The molecule has 9 nitrogen and oxygen atoms in total. The van der Waals surface area contributed by atoms with Crippen LogP contribution in [0, 0.1) is 60.6 Å². The van der Waals surface area contributed by atoms with Gasteiger partial charge in [0, 0.05) is 17.7 Å². The fourth-order valence-electron chi connectivity index (χ4n) is 8.36. The summed E-state index contributed by atoms with van der Waals surface area (Å²) in [5.41, 5.74) is 2.02. The number of hydrogen-bond acceptors (Lipinski definition) is 7. The summed E-state index contributed by atoms with van der Waals surface area (Å²) in [6, 6.07) is 3.50. The van der Waals surface area contributed by atoms with Gasteiger partial charge < -0.3 is 0 Å². The zero-order valence-electron chi connectivity index (χ0n) is 27.0. The van der Waals surface area contributed by atoms with Crippen molar-refractivity contribution in [1.82, 2.24) is 0 Å². The van der Waals surface area contributed by atoms with E-state index in [2.05, 4.69) is 38.2 Å². The van der Waals surface area contributed by atoms with Crippen molar-refractivity contribution in [1.29, 1.82) is 0 Å². The van der Waals surface area contributed by atoms with E-state index in [4.69, 9.17) is 0 Å². The molecule has 0 saturated heterocycles. The Kier molecular flexibility index (Phi) is 12.0. The van der Waals surface area contributed by atoms with E-state index in [-0.39, 0.29) is 39.6 Å². The summed E-state index contributed by atoms with van der Waals surface area (Å²) in [4.78, 5) is 34.6. The molecule has 3 aliphatic carbocycles. The highest BCUT2D eigenvalue weighted by atomic mass is 16.6. The summed E-state index contributed by atoms with van der Waals surface area (Å²) in [7, 11) is 0. The van der Waals surface area contributed by atoms with Crippen molar-refractivity contribution in [2.45, 2.75) is 112 Å². The molecule has 9 heteroatoms. The second-order valence-electron chi connectivity index (χ2n) is 13.5. The van der Waals surface area contributed by atoms with Crippen molar-refractivity contribution in [3.63, 3.8) is 0 Å². The highest BCUT2D eigenvalue weighted by Gasteiger charge is 2.57. The van der Waals surface area contributed by atoms with Gasteiger partial charge in [-0.05, 0) is 98.5 Å². The van der Waals surface area contributed by atoms with Crippen LogP contribution in [0.3, 0.4) is 0 Å². The van der Waals surface area contributed by atoms with Crippen LogP contribution in [0.2, 0.25) is 0 Å². The standard InChI is InChI=1S/C32H46N4O5.C2H6/c1-22(2)9-5-6-10-23-12-14-26-25(27(16-19-31(23,26)3)32(4)18-8-7-11-30(32)37)17-20-33-34-28-15-13-24(35(38)39)21-29(28)36(40)41;1-2/h7,11,13,15,20-23,25-27,34H,5-6,8-10,12,14,16-19H2,1-4H3;1-2H3/b33-20+;/t23-,25?,26?,27?,31+,32+;/m0./s1. The third-order valence-corrected chi connectivity index (χ3v) is 10.7. The summed E-state index contributed by atoms with van der Waals surface area (Å²) in [6.45, 7) is 13.2. The van der Waals surface area contributed by atoms with Crippen LogP contribution in [0.5, 0.6) is 0 Å². The molecule has 43 heavy (non-hydrogen) atoms. The molecule has 0 aliphatic heterocycles. The zero-order valence-corrected chi connectivity index (χ0v) is 27.0. The lowest BCUT2D eigenvalue weighted by molar-refractivity contribution is -0.393. The molecular formula is C34H52N4O5. The maximum Gasteiger partial charge on any atom is 0.301 e. The van der Waals surface area contributed by atoms with Crippen LogP contribution in [-0.4, -0.2) is 21.8 Å². The number of anilines is 1. The Morgan fingerprint density at radius 2 is 1.79 bits per heavy atom. The Balaban J connectivity index is 0.00000248. The van der Waals surface area contributed by atoms with Gasteiger partial charge in [0.25, 0.3) is 5.69 Å². The van der Waals surface area contributed by atoms with Crippen LogP contribution in [0.1, 0.15) is 112 Å². The van der Waals surface area contributed by atoms with Gasteiger partial charge in [-0.1, -0.05) is 66.9 Å². The number of hydrogen-bond donors (Lipinski definition) is 1. The summed E-state index contributed by atoms with van der Waals surface area (Å²) in [5, 5.41) is 27.0. The summed E-state index contributed by atoms with van der Waals surface area (Å²) in [6.07, 6.45) is 17.8. The Hall–Kier alpha value is -3.10. The molecule has 6 atom stereocenters. The second kappa shape index (κ2) is 15.1. The normalized spacial score (nSPS) is 30.2. The van der Waals surface area contributed by atoms with E-state index in [0.717, 1.165) is 37.7 Å². The molecule has 3 aliphatic rings. The molecule has 0 amide bonds. The second-order valence-corrected chi connectivity index (χ2v) is 13.5. The van der Waals surface area contributed by atoms with E-state index in [1.165, 1.54) is 50.7 Å². The molecule has 1 N–H and O–H groups in total. The number of carbonyl (C=O) groups excluding carboxylic acids is 1. The fourth-order valence-corrected chi connectivity index (χ4v) is 8.36. The number of nitrogens with zero attached hydrogens (tertiary/aromatic N) is 3. The molecular weight excluding hydrogens is 544 g/mol. The summed E-state index contributed by atoms with van der Waals surface area (Å²) >= 11 is 0. The quantitative estimate of drug-likeness (QED) is 0.111. The van der Waals surface area contributed by atoms with Crippen LogP contribution >= 0.6 is 0 Å². The van der Waals surface area contributed by atoms with E-state index >= 15 is 0 Å². The first-order valence-electron chi connectivity index (χ1n) is 16.4. The smallest absolute Gasteiger partial charge is 0.294 e. The van der Waals surface area contributed by atoms with Crippen LogP contribution < -0.4 is 5.43 Å². The molecule has 0 radical (unpaired) electrons. The lowest BCUT2D eigenvalue weighted by atomic mass is 9.50. The molecule has 2 saturated carbocycles. The number of unbranched alkanes of at least 4 members (excludes halogenated alkanes) is 1. The number of ketones is 1. The lowest BCUT2D eigenvalue weighted by Crippen LogP contribution is -2.49. The van der Waals surface area contributed by atoms with Gasteiger partial charge in [0.2, 0.25) is 0 Å². The van der Waals surface area contributed by atoms with Gasteiger partial charge in [0.05, 0.1) is 15.9 Å². The number of nitro groups is 2. The molecule has 3 unspecified atom stereocenters. The van der Waals surface area contributed by atoms with E-state index in [1.54, 1.807) is 12.3 Å². The van der Waals surface area contributed by atoms with E-state index in [1.807, 2.05) is 19.9 Å². The number of rotatable bonds is 12. The number of nitro benzene ring substituents is 2. The first kappa shape index (κ1) is 34.4. The molecule has 0 aromatic heterocycles. The van der Waals surface area contributed by atoms with Gasteiger partial charge in [0.15, 0.2) is 5.78 Å². The molecule has 1 aromatic rings. The van der Waals surface area contributed by atoms with Crippen LogP contribution in [-0.2, 0) is 4.79 Å². The first-order valence-corrected chi connectivity index (χ1v) is 16.4. The molecule has 0 heterocycles.